The molecule has 1 aliphatic rings. The van der Waals surface area contributed by atoms with Crippen LogP contribution in [0.2, 0.25) is 0 Å². The summed E-state index contributed by atoms with van der Waals surface area (Å²) in [5, 5.41) is 0. The SMILES string of the molecule is [CH2-]CCC1[CH-]c2ccccc2Cc2ccccc21.[Y]. The van der Waals surface area contributed by atoms with Gasteiger partial charge in [-0.15, -0.1) is 17.7 Å². The molecule has 0 bridgehead atoms. The summed E-state index contributed by atoms with van der Waals surface area (Å²) in [6, 6.07) is 17.6. The largest absolute Gasteiger partial charge is 0.343 e. The molecule has 2 aromatic rings. The molecule has 0 aliphatic heterocycles. The number of rotatable bonds is 2. The van der Waals surface area contributed by atoms with Crippen LogP contribution in [0.1, 0.15) is 41.0 Å². The van der Waals surface area contributed by atoms with Gasteiger partial charge >= 0.3 is 0 Å². The van der Waals surface area contributed by atoms with E-state index in [1.54, 1.807) is 0 Å². The van der Waals surface area contributed by atoms with Gasteiger partial charge in [-0.25, -0.2) is 0 Å². The van der Waals surface area contributed by atoms with E-state index in [1.807, 2.05) is 0 Å². The molecule has 0 saturated heterocycles. The Bertz CT molecular complexity index is 545. The molecule has 0 heterocycles. The van der Waals surface area contributed by atoms with Crippen LogP contribution in [0.5, 0.6) is 0 Å². The van der Waals surface area contributed by atoms with Gasteiger partial charge in [-0.2, -0.15) is 24.5 Å². The fourth-order valence-electron chi connectivity index (χ4n) is 2.89. The Kier molecular flexibility index (Phi) is 5.24. The topological polar surface area (TPSA) is 0 Å². The van der Waals surface area contributed by atoms with Gasteiger partial charge in [0.2, 0.25) is 0 Å². The second kappa shape index (κ2) is 6.72. The van der Waals surface area contributed by atoms with Crippen LogP contribution in [0.15, 0.2) is 48.5 Å². The molecule has 1 heteroatoms. The number of hydrogen-bond donors (Lipinski definition) is 0. The van der Waals surface area contributed by atoms with Crippen molar-refractivity contribution in [3.8, 4) is 0 Å². The molecule has 0 aromatic heterocycles. The van der Waals surface area contributed by atoms with Crippen molar-refractivity contribution in [3.05, 3.63) is 84.1 Å². The summed E-state index contributed by atoms with van der Waals surface area (Å²) in [5.41, 5.74) is 5.79. The Morgan fingerprint density at radius 3 is 2.47 bits per heavy atom. The fourth-order valence-corrected chi connectivity index (χ4v) is 2.89. The summed E-state index contributed by atoms with van der Waals surface area (Å²) in [6.45, 7) is 4.02. The van der Waals surface area contributed by atoms with Crippen LogP contribution in [0.3, 0.4) is 0 Å². The third-order valence-electron chi connectivity index (χ3n) is 3.79. The van der Waals surface area contributed by atoms with E-state index in [-0.39, 0.29) is 32.7 Å². The molecule has 0 saturated carbocycles. The predicted molar refractivity (Wildman–Crippen MR) is 76.4 cm³/mol. The normalized spacial score (nSPS) is 16.4. The Labute approximate surface area is 141 Å². The number of benzene rings is 2. The van der Waals surface area contributed by atoms with Crippen LogP contribution >= 0.6 is 0 Å². The molecule has 0 N–H and O–H groups in total. The summed E-state index contributed by atoms with van der Waals surface area (Å²) in [4.78, 5) is 0. The van der Waals surface area contributed by atoms with Crippen molar-refractivity contribution in [2.75, 3.05) is 0 Å². The van der Waals surface area contributed by atoms with E-state index in [4.69, 9.17) is 0 Å². The smallest absolute Gasteiger partial charge is 0 e. The van der Waals surface area contributed by atoms with E-state index >= 15 is 0 Å². The van der Waals surface area contributed by atoms with Crippen molar-refractivity contribution in [2.45, 2.75) is 25.2 Å². The molecule has 3 rings (SSSR count). The molecule has 1 atom stereocenters. The van der Waals surface area contributed by atoms with Crippen LogP contribution in [-0.4, -0.2) is 0 Å². The van der Waals surface area contributed by atoms with Crippen LogP contribution in [0, 0.1) is 13.3 Å². The average Bonchev–Trinajstić information content (AvgIpc) is 2.56. The van der Waals surface area contributed by atoms with Gasteiger partial charge in [0.15, 0.2) is 0 Å². The first-order chi connectivity index (χ1) is 8.88. The first-order valence-electron chi connectivity index (χ1n) is 6.68. The predicted octanol–water partition coefficient (Wildman–Crippen LogP) is 4.54. The molecule has 1 radical (unpaired) electrons. The minimum Gasteiger partial charge on any atom is -0.343 e. The first-order valence-corrected chi connectivity index (χ1v) is 6.68. The van der Waals surface area contributed by atoms with Gasteiger partial charge in [-0.05, 0) is 12.3 Å². The monoisotopic (exact) mass is 323 g/mol. The summed E-state index contributed by atoms with van der Waals surface area (Å²) in [5.74, 6) is 0.516. The number of hydrogen-bond acceptors (Lipinski definition) is 0. The summed E-state index contributed by atoms with van der Waals surface area (Å²) in [7, 11) is 0. The van der Waals surface area contributed by atoms with Crippen LogP contribution < -0.4 is 0 Å². The van der Waals surface area contributed by atoms with Crippen LogP contribution in [0.4, 0.5) is 0 Å². The van der Waals surface area contributed by atoms with Crippen molar-refractivity contribution in [2.24, 2.45) is 0 Å². The Hall–Kier alpha value is -0.586. The van der Waals surface area contributed by atoms with Gasteiger partial charge in [0.25, 0.3) is 0 Å². The second-order valence-corrected chi connectivity index (χ2v) is 4.99. The summed E-state index contributed by atoms with van der Waals surface area (Å²) >= 11 is 0. The zero-order valence-corrected chi connectivity index (χ0v) is 14.0. The maximum atomic E-state index is 4.02. The van der Waals surface area contributed by atoms with Crippen molar-refractivity contribution >= 4 is 0 Å². The molecule has 0 spiro atoms. The average molecular weight is 323 g/mol. The molecule has 19 heavy (non-hydrogen) atoms. The van der Waals surface area contributed by atoms with Crippen molar-refractivity contribution < 1.29 is 32.7 Å². The molecule has 2 aromatic carbocycles. The second-order valence-electron chi connectivity index (χ2n) is 4.99. The zero-order valence-electron chi connectivity index (χ0n) is 11.2. The van der Waals surface area contributed by atoms with Crippen molar-refractivity contribution in [1.29, 1.82) is 0 Å². The van der Waals surface area contributed by atoms with Gasteiger partial charge in [-0.1, -0.05) is 47.9 Å². The van der Waals surface area contributed by atoms with Crippen molar-refractivity contribution in [1.82, 2.24) is 0 Å². The van der Waals surface area contributed by atoms with Gasteiger partial charge in [-0.3, -0.25) is 0 Å². The zero-order chi connectivity index (χ0) is 12.4. The fraction of sp³-hybridized carbons (Fsp3) is 0.222. The van der Waals surface area contributed by atoms with Crippen molar-refractivity contribution in [3.63, 3.8) is 0 Å². The Morgan fingerprint density at radius 2 is 1.68 bits per heavy atom. The van der Waals surface area contributed by atoms with Crippen LogP contribution in [-0.2, 0) is 39.1 Å². The minimum absolute atomic E-state index is 0. The maximum absolute atomic E-state index is 4.02. The molecule has 0 nitrogen and oxygen atoms in total. The third kappa shape index (κ3) is 3.12. The van der Waals surface area contributed by atoms with E-state index in [0.29, 0.717) is 5.92 Å². The standard InChI is InChI=1S/C18H18.Y/c1-2-7-16-12-14-8-3-4-9-15(14)13-17-10-5-6-11-18(16)17;/h3-6,8-12,16H,1-2,7,13H2;/q-2;. The molecular formula is C18H18Y-2. The third-order valence-corrected chi connectivity index (χ3v) is 3.79. The Morgan fingerprint density at radius 1 is 1.00 bits per heavy atom. The van der Waals surface area contributed by atoms with E-state index in [9.17, 15) is 0 Å². The van der Waals surface area contributed by atoms with Gasteiger partial charge in [0, 0.05) is 32.7 Å². The quantitative estimate of drug-likeness (QED) is 0.712. The molecular weight excluding hydrogens is 305 g/mol. The van der Waals surface area contributed by atoms with Gasteiger partial charge in [0.1, 0.15) is 0 Å². The minimum atomic E-state index is 0. The number of fused-ring (bicyclic) bond motifs is 2. The van der Waals surface area contributed by atoms with Gasteiger partial charge in [0.05, 0.1) is 0 Å². The first kappa shape index (κ1) is 14.8. The van der Waals surface area contributed by atoms with Gasteiger partial charge < -0.3 is 6.92 Å². The maximum Gasteiger partial charge on any atom is 0 e. The van der Waals surface area contributed by atoms with E-state index < -0.39 is 0 Å². The van der Waals surface area contributed by atoms with Crippen LogP contribution in [0.25, 0.3) is 0 Å². The molecule has 1 aliphatic carbocycles. The Balaban J connectivity index is 0.00000133. The molecule has 0 fully saturated rings. The van der Waals surface area contributed by atoms with E-state index in [2.05, 4.69) is 61.9 Å². The molecule has 0 amide bonds. The summed E-state index contributed by atoms with van der Waals surface area (Å²) in [6.07, 6.45) is 5.59. The molecule has 95 valence electrons. The van der Waals surface area contributed by atoms with E-state index in [1.165, 1.54) is 22.3 Å². The summed E-state index contributed by atoms with van der Waals surface area (Å²) < 4.78 is 0. The van der Waals surface area contributed by atoms with E-state index in [0.717, 1.165) is 19.3 Å². The molecule has 1 unspecified atom stereocenters.